The van der Waals surface area contributed by atoms with E-state index in [0.717, 1.165) is 5.69 Å². The number of carbonyl (C=O) groups excluding carboxylic acids is 2. The molecular weight excluding hydrogens is 310 g/mol. The summed E-state index contributed by atoms with van der Waals surface area (Å²) >= 11 is 0. The number of ether oxygens (including phenoxy) is 2. The maximum atomic E-state index is 12.2. The third-order valence-electron chi connectivity index (χ3n) is 3.75. The molecule has 7 heteroatoms. The molecule has 24 heavy (non-hydrogen) atoms. The van der Waals surface area contributed by atoms with Crippen molar-refractivity contribution in [2.75, 3.05) is 31.6 Å². The Balaban J connectivity index is 2.01. The fraction of sp³-hybridized carbons (Fsp3) is 0.588. The van der Waals surface area contributed by atoms with E-state index in [1.165, 1.54) is 7.11 Å². The number of methoxy groups -OCH3 is 1. The number of amides is 1. The van der Waals surface area contributed by atoms with Crippen molar-refractivity contribution in [3.63, 3.8) is 0 Å². The van der Waals surface area contributed by atoms with Crippen molar-refractivity contribution in [2.45, 2.75) is 39.3 Å². The van der Waals surface area contributed by atoms with Crippen LogP contribution in [0.1, 0.15) is 38.2 Å². The lowest BCUT2D eigenvalue weighted by atomic mass is 10.1. The third-order valence-corrected chi connectivity index (χ3v) is 3.75. The molecule has 7 nitrogen and oxygen atoms in total. The first kappa shape index (κ1) is 18.0. The predicted molar refractivity (Wildman–Crippen MR) is 90.2 cm³/mol. The van der Waals surface area contributed by atoms with Crippen molar-refractivity contribution >= 4 is 17.7 Å². The normalized spacial score (nSPS) is 18.3. The highest BCUT2D eigenvalue weighted by molar-refractivity contribution is 5.87. The predicted octanol–water partition coefficient (Wildman–Crippen LogP) is 2.31. The monoisotopic (exact) mass is 335 g/mol. The summed E-state index contributed by atoms with van der Waals surface area (Å²) in [6, 6.07) is 3.62. The van der Waals surface area contributed by atoms with E-state index in [0.29, 0.717) is 19.6 Å². The quantitative estimate of drug-likeness (QED) is 0.772. The largest absolute Gasteiger partial charge is 0.464 e. The first-order chi connectivity index (χ1) is 11.2. The second-order valence-corrected chi connectivity index (χ2v) is 6.86. The Labute approximate surface area is 142 Å². The van der Waals surface area contributed by atoms with Crippen LogP contribution in [-0.4, -0.2) is 60.3 Å². The molecule has 1 amide bonds. The first-order valence-electron chi connectivity index (χ1n) is 8.00. The fourth-order valence-electron chi connectivity index (χ4n) is 2.61. The van der Waals surface area contributed by atoms with Crippen LogP contribution in [0.3, 0.4) is 0 Å². The molecule has 1 aromatic rings. The first-order valence-corrected chi connectivity index (χ1v) is 8.00. The van der Waals surface area contributed by atoms with Crippen LogP contribution in [0.25, 0.3) is 0 Å². The van der Waals surface area contributed by atoms with Crippen LogP contribution < -0.4 is 4.90 Å². The zero-order chi connectivity index (χ0) is 17.9. The molecule has 1 aliphatic rings. The Morgan fingerprint density at radius 3 is 2.46 bits per heavy atom. The number of carbonyl (C=O) groups is 2. The lowest BCUT2D eigenvalue weighted by Gasteiger charge is -2.41. The summed E-state index contributed by atoms with van der Waals surface area (Å²) in [6.07, 6.45) is 1.37. The van der Waals surface area contributed by atoms with Gasteiger partial charge in [0.15, 0.2) is 0 Å². The van der Waals surface area contributed by atoms with E-state index >= 15 is 0 Å². The number of pyridine rings is 1. The SMILES string of the molecule is COC(=O)c1ccc(N2CCN(C(=O)OC(C)(C)C)CC2C)cn1. The lowest BCUT2D eigenvalue weighted by Crippen LogP contribution is -2.54. The second kappa shape index (κ2) is 7.07. The highest BCUT2D eigenvalue weighted by Gasteiger charge is 2.30. The van der Waals surface area contributed by atoms with Gasteiger partial charge in [-0.25, -0.2) is 14.6 Å². The van der Waals surface area contributed by atoms with E-state index in [-0.39, 0.29) is 17.8 Å². The van der Waals surface area contributed by atoms with E-state index < -0.39 is 11.6 Å². The van der Waals surface area contributed by atoms with Crippen molar-refractivity contribution < 1.29 is 19.1 Å². The minimum atomic E-state index is -0.495. The van der Waals surface area contributed by atoms with Gasteiger partial charge >= 0.3 is 12.1 Å². The smallest absolute Gasteiger partial charge is 0.410 e. The van der Waals surface area contributed by atoms with E-state index in [1.54, 1.807) is 17.2 Å². The topological polar surface area (TPSA) is 72.0 Å². The van der Waals surface area contributed by atoms with Gasteiger partial charge in [0.05, 0.1) is 19.0 Å². The molecule has 1 saturated heterocycles. The number of piperazine rings is 1. The van der Waals surface area contributed by atoms with Gasteiger partial charge in [0.2, 0.25) is 0 Å². The third kappa shape index (κ3) is 4.37. The summed E-state index contributed by atoms with van der Waals surface area (Å²) in [5.41, 5.74) is 0.700. The standard InChI is InChI=1S/C17H25N3O4/c1-12-11-19(16(22)24-17(2,3)4)8-9-20(12)13-6-7-14(18-10-13)15(21)23-5/h6-7,10,12H,8-9,11H2,1-5H3. The molecule has 0 aromatic carbocycles. The number of rotatable bonds is 2. The highest BCUT2D eigenvalue weighted by atomic mass is 16.6. The lowest BCUT2D eigenvalue weighted by molar-refractivity contribution is 0.0218. The Kier molecular flexibility index (Phi) is 5.31. The molecule has 1 fully saturated rings. The number of hydrogen-bond acceptors (Lipinski definition) is 6. The molecule has 0 spiro atoms. The van der Waals surface area contributed by atoms with Crippen molar-refractivity contribution in [1.82, 2.24) is 9.88 Å². The van der Waals surface area contributed by atoms with Crippen molar-refractivity contribution in [2.24, 2.45) is 0 Å². The molecule has 2 rings (SSSR count). The fourth-order valence-corrected chi connectivity index (χ4v) is 2.61. The summed E-state index contributed by atoms with van der Waals surface area (Å²) in [6.45, 7) is 9.47. The van der Waals surface area contributed by atoms with Crippen LogP contribution in [0.15, 0.2) is 18.3 Å². The van der Waals surface area contributed by atoms with Crippen molar-refractivity contribution in [3.8, 4) is 0 Å². The van der Waals surface area contributed by atoms with Crippen molar-refractivity contribution in [3.05, 3.63) is 24.0 Å². The van der Waals surface area contributed by atoms with E-state index in [9.17, 15) is 9.59 Å². The summed E-state index contributed by atoms with van der Waals surface area (Å²) < 4.78 is 10.1. The summed E-state index contributed by atoms with van der Waals surface area (Å²) in [4.78, 5) is 31.6. The van der Waals surface area contributed by atoms with Gasteiger partial charge in [-0.05, 0) is 39.8 Å². The maximum Gasteiger partial charge on any atom is 0.410 e. The van der Waals surface area contributed by atoms with Gasteiger partial charge in [-0.1, -0.05) is 0 Å². The van der Waals surface area contributed by atoms with Crippen LogP contribution in [-0.2, 0) is 9.47 Å². The Morgan fingerprint density at radius 2 is 1.96 bits per heavy atom. The van der Waals surface area contributed by atoms with Gasteiger partial charge in [0.1, 0.15) is 11.3 Å². The number of hydrogen-bond donors (Lipinski definition) is 0. The average molecular weight is 335 g/mol. The average Bonchev–Trinajstić information content (AvgIpc) is 2.52. The minimum Gasteiger partial charge on any atom is -0.464 e. The van der Waals surface area contributed by atoms with Gasteiger partial charge in [0, 0.05) is 25.7 Å². The number of anilines is 1. The highest BCUT2D eigenvalue weighted by Crippen LogP contribution is 2.21. The number of aromatic nitrogens is 1. The van der Waals surface area contributed by atoms with Crippen LogP contribution in [0.5, 0.6) is 0 Å². The van der Waals surface area contributed by atoms with Crippen molar-refractivity contribution in [1.29, 1.82) is 0 Å². The second-order valence-electron chi connectivity index (χ2n) is 6.86. The summed E-state index contributed by atoms with van der Waals surface area (Å²) in [5, 5.41) is 0. The Hall–Kier alpha value is -2.31. The zero-order valence-corrected chi connectivity index (χ0v) is 14.9. The maximum absolute atomic E-state index is 12.2. The van der Waals surface area contributed by atoms with Gasteiger partial charge in [0.25, 0.3) is 0 Å². The molecule has 0 bridgehead atoms. The molecule has 1 atom stereocenters. The molecule has 1 aliphatic heterocycles. The van der Waals surface area contributed by atoms with Crippen LogP contribution >= 0.6 is 0 Å². The Bertz CT molecular complexity index is 595. The molecule has 0 aliphatic carbocycles. The van der Waals surface area contributed by atoms with Crippen LogP contribution in [0.4, 0.5) is 10.5 Å². The molecule has 1 unspecified atom stereocenters. The number of nitrogens with zero attached hydrogens (tertiary/aromatic N) is 3. The van der Waals surface area contributed by atoms with E-state index in [4.69, 9.17) is 4.74 Å². The number of esters is 1. The molecular formula is C17H25N3O4. The molecule has 132 valence electrons. The molecule has 0 saturated carbocycles. The zero-order valence-electron chi connectivity index (χ0n) is 14.9. The molecule has 2 heterocycles. The van der Waals surface area contributed by atoms with Crippen LogP contribution in [0, 0.1) is 0 Å². The summed E-state index contributed by atoms with van der Waals surface area (Å²) in [7, 11) is 1.33. The molecule has 0 radical (unpaired) electrons. The molecule has 1 aromatic heterocycles. The Morgan fingerprint density at radius 1 is 1.25 bits per heavy atom. The van der Waals surface area contributed by atoms with E-state index in [2.05, 4.69) is 14.6 Å². The van der Waals surface area contributed by atoms with E-state index in [1.807, 2.05) is 33.8 Å². The van der Waals surface area contributed by atoms with Gasteiger partial charge in [-0.2, -0.15) is 0 Å². The van der Waals surface area contributed by atoms with Gasteiger partial charge < -0.3 is 19.3 Å². The minimum absolute atomic E-state index is 0.122. The molecule has 0 N–H and O–H groups in total. The van der Waals surface area contributed by atoms with Crippen LogP contribution in [0.2, 0.25) is 0 Å². The van der Waals surface area contributed by atoms with Gasteiger partial charge in [-0.15, -0.1) is 0 Å². The summed E-state index contributed by atoms with van der Waals surface area (Å²) in [5.74, 6) is -0.454. The van der Waals surface area contributed by atoms with Gasteiger partial charge in [-0.3, -0.25) is 0 Å².